The van der Waals surface area contributed by atoms with Crippen LogP contribution in [0, 0.1) is 6.92 Å². The van der Waals surface area contributed by atoms with E-state index in [0.717, 1.165) is 16.9 Å². The van der Waals surface area contributed by atoms with Gasteiger partial charge in [-0.3, -0.25) is 9.59 Å². The van der Waals surface area contributed by atoms with Crippen LogP contribution in [-0.4, -0.2) is 43.1 Å². The van der Waals surface area contributed by atoms with E-state index in [1.165, 1.54) is 10.5 Å². The van der Waals surface area contributed by atoms with Crippen LogP contribution >= 0.6 is 0 Å². The fraction of sp³-hybridized carbons (Fsp3) is 0.222. The summed E-state index contributed by atoms with van der Waals surface area (Å²) in [6, 6.07) is 22.4. The summed E-state index contributed by atoms with van der Waals surface area (Å²) < 4.78 is 5.84. The van der Waals surface area contributed by atoms with Crippen LogP contribution in [0.1, 0.15) is 34.0 Å². The summed E-state index contributed by atoms with van der Waals surface area (Å²) >= 11 is 0. The van der Waals surface area contributed by atoms with Crippen molar-refractivity contribution in [3.63, 3.8) is 0 Å². The Balaban J connectivity index is 1.46. The van der Waals surface area contributed by atoms with Crippen molar-refractivity contribution < 1.29 is 19.2 Å². The molecule has 176 valence electrons. The van der Waals surface area contributed by atoms with Crippen LogP contribution in [-0.2, 0) is 16.2 Å². The van der Waals surface area contributed by atoms with E-state index in [1.54, 1.807) is 45.3 Å². The number of oxime groups is 1. The molecule has 0 aliphatic heterocycles. The highest BCUT2D eigenvalue weighted by atomic mass is 16.6. The Morgan fingerprint density at radius 2 is 1.62 bits per heavy atom. The zero-order valence-electron chi connectivity index (χ0n) is 19.9. The minimum absolute atomic E-state index is 0.100. The van der Waals surface area contributed by atoms with Gasteiger partial charge in [0.05, 0.1) is 5.71 Å². The maximum absolute atomic E-state index is 12.1. The van der Waals surface area contributed by atoms with Gasteiger partial charge in [-0.15, -0.1) is 0 Å². The average Bonchev–Trinajstić information content (AvgIpc) is 2.83. The van der Waals surface area contributed by atoms with Crippen LogP contribution in [0.4, 0.5) is 5.69 Å². The fourth-order valence-electron chi connectivity index (χ4n) is 3.15. The molecule has 0 aromatic heterocycles. The minimum atomic E-state index is -0.344. The van der Waals surface area contributed by atoms with Crippen molar-refractivity contribution in [2.24, 2.45) is 5.16 Å². The van der Waals surface area contributed by atoms with E-state index >= 15 is 0 Å². The average molecular weight is 460 g/mol. The number of benzene rings is 3. The number of ether oxygens (including phenoxy) is 1. The van der Waals surface area contributed by atoms with E-state index in [2.05, 4.69) is 29.5 Å². The molecule has 0 bridgehead atoms. The van der Waals surface area contributed by atoms with Gasteiger partial charge in [0, 0.05) is 25.3 Å². The molecule has 0 aliphatic carbocycles. The Labute approximate surface area is 200 Å². The van der Waals surface area contributed by atoms with Crippen molar-refractivity contribution in [3.8, 4) is 5.75 Å². The highest BCUT2D eigenvalue weighted by Crippen LogP contribution is 2.16. The zero-order chi connectivity index (χ0) is 24.5. The van der Waals surface area contributed by atoms with E-state index < -0.39 is 0 Å². The maximum atomic E-state index is 12.1. The molecule has 3 aromatic rings. The van der Waals surface area contributed by atoms with Gasteiger partial charge in [-0.05, 0) is 73.5 Å². The number of hydrogen-bond acceptors (Lipinski definition) is 5. The number of carbonyl (C=O) groups is 2. The molecule has 0 unspecified atom stereocenters. The molecule has 0 spiro atoms. The Bertz CT molecular complexity index is 1150. The van der Waals surface area contributed by atoms with Crippen molar-refractivity contribution in [2.75, 3.05) is 26.0 Å². The second kappa shape index (κ2) is 11.7. The Morgan fingerprint density at radius 3 is 2.26 bits per heavy atom. The zero-order valence-corrected chi connectivity index (χ0v) is 19.9. The first-order valence-corrected chi connectivity index (χ1v) is 10.9. The molecule has 0 saturated carbocycles. The summed E-state index contributed by atoms with van der Waals surface area (Å²) in [5.74, 6) is 0.316. The summed E-state index contributed by atoms with van der Waals surface area (Å²) in [4.78, 5) is 30.7. The molecule has 0 fully saturated rings. The Kier molecular flexibility index (Phi) is 8.40. The number of carbonyl (C=O) groups excluding carboxylic acids is 2. The first kappa shape index (κ1) is 24.5. The number of nitrogens with zero attached hydrogens (tertiary/aromatic N) is 2. The van der Waals surface area contributed by atoms with Gasteiger partial charge in [-0.25, -0.2) is 0 Å². The number of anilines is 1. The standard InChI is InChI=1S/C27H29N3O4/c1-19-6-5-7-21(16-19)17-33-25-14-10-22(11-15-25)20(2)29-34-18-26(31)28-24-12-8-23(9-13-24)27(32)30(3)4/h5-16H,17-18H2,1-4H3,(H,28,31)/b29-20+. The van der Waals surface area contributed by atoms with Gasteiger partial charge in [-0.2, -0.15) is 0 Å². The van der Waals surface area contributed by atoms with Gasteiger partial charge in [0.2, 0.25) is 0 Å². The molecule has 0 saturated heterocycles. The molecule has 2 amide bonds. The van der Waals surface area contributed by atoms with E-state index in [9.17, 15) is 9.59 Å². The lowest BCUT2D eigenvalue weighted by atomic mass is 10.1. The molecular weight excluding hydrogens is 430 g/mol. The molecule has 34 heavy (non-hydrogen) atoms. The van der Waals surface area contributed by atoms with Gasteiger partial charge >= 0.3 is 0 Å². The predicted molar refractivity (Wildman–Crippen MR) is 133 cm³/mol. The van der Waals surface area contributed by atoms with Crippen LogP contribution in [0.15, 0.2) is 78.0 Å². The van der Waals surface area contributed by atoms with Crippen molar-refractivity contribution >= 4 is 23.2 Å². The van der Waals surface area contributed by atoms with Crippen molar-refractivity contribution in [2.45, 2.75) is 20.5 Å². The third-order valence-electron chi connectivity index (χ3n) is 4.98. The lowest BCUT2D eigenvalue weighted by Gasteiger charge is -2.11. The third-order valence-corrected chi connectivity index (χ3v) is 4.98. The van der Waals surface area contributed by atoms with Gasteiger partial charge in [0.25, 0.3) is 11.8 Å². The first-order chi connectivity index (χ1) is 16.3. The normalized spacial score (nSPS) is 11.0. The number of nitrogens with one attached hydrogen (secondary N) is 1. The molecule has 0 atom stereocenters. The summed E-state index contributed by atoms with van der Waals surface area (Å²) in [7, 11) is 3.37. The van der Waals surface area contributed by atoms with Crippen LogP contribution in [0.25, 0.3) is 0 Å². The molecule has 0 aliphatic rings. The molecular formula is C27H29N3O4. The van der Waals surface area contributed by atoms with Crippen LogP contribution < -0.4 is 10.1 Å². The molecule has 0 radical (unpaired) electrons. The van der Waals surface area contributed by atoms with Crippen LogP contribution in [0.3, 0.4) is 0 Å². The lowest BCUT2D eigenvalue weighted by molar-refractivity contribution is -0.120. The summed E-state index contributed by atoms with van der Waals surface area (Å²) in [5.41, 5.74) is 4.95. The number of rotatable bonds is 9. The smallest absolute Gasteiger partial charge is 0.265 e. The van der Waals surface area contributed by atoms with E-state index in [-0.39, 0.29) is 18.4 Å². The van der Waals surface area contributed by atoms with Crippen molar-refractivity contribution in [3.05, 3.63) is 95.1 Å². The minimum Gasteiger partial charge on any atom is -0.489 e. The molecule has 7 heteroatoms. The number of aryl methyl sites for hydroxylation is 1. The highest BCUT2D eigenvalue weighted by Gasteiger charge is 2.09. The van der Waals surface area contributed by atoms with Crippen molar-refractivity contribution in [1.29, 1.82) is 0 Å². The Hall–Kier alpha value is -4.13. The van der Waals surface area contributed by atoms with Gasteiger partial charge < -0.3 is 19.8 Å². The largest absolute Gasteiger partial charge is 0.489 e. The molecule has 3 rings (SSSR count). The number of amides is 2. The monoisotopic (exact) mass is 459 g/mol. The fourth-order valence-corrected chi connectivity index (χ4v) is 3.15. The van der Waals surface area contributed by atoms with Crippen LogP contribution in [0.5, 0.6) is 5.75 Å². The van der Waals surface area contributed by atoms with E-state index in [1.807, 2.05) is 36.4 Å². The molecule has 7 nitrogen and oxygen atoms in total. The topological polar surface area (TPSA) is 80.2 Å². The van der Waals surface area contributed by atoms with Gasteiger partial charge in [-0.1, -0.05) is 35.0 Å². The summed E-state index contributed by atoms with van der Waals surface area (Å²) in [6.07, 6.45) is 0. The number of hydrogen-bond donors (Lipinski definition) is 1. The Morgan fingerprint density at radius 1 is 0.941 bits per heavy atom. The predicted octanol–water partition coefficient (Wildman–Crippen LogP) is 4.66. The van der Waals surface area contributed by atoms with Gasteiger partial charge in [0.15, 0.2) is 6.61 Å². The summed E-state index contributed by atoms with van der Waals surface area (Å²) in [6.45, 7) is 4.13. The maximum Gasteiger partial charge on any atom is 0.265 e. The molecule has 0 heterocycles. The quantitative estimate of drug-likeness (QED) is 0.373. The second-order valence-electron chi connectivity index (χ2n) is 8.08. The first-order valence-electron chi connectivity index (χ1n) is 10.9. The molecule has 3 aromatic carbocycles. The van der Waals surface area contributed by atoms with Crippen LogP contribution in [0.2, 0.25) is 0 Å². The SMILES string of the molecule is C/C(=N\OCC(=O)Nc1ccc(C(=O)N(C)C)cc1)c1ccc(OCc2cccc(C)c2)cc1. The van der Waals surface area contributed by atoms with Crippen molar-refractivity contribution in [1.82, 2.24) is 4.90 Å². The second-order valence-corrected chi connectivity index (χ2v) is 8.08. The third kappa shape index (κ3) is 7.20. The van der Waals surface area contributed by atoms with E-state index in [0.29, 0.717) is 23.6 Å². The lowest BCUT2D eigenvalue weighted by Crippen LogP contribution is -2.21. The summed E-state index contributed by atoms with van der Waals surface area (Å²) in [5, 5.41) is 6.75. The van der Waals surface area contributed by atoms with E-state index in [4.69, 9.17) is 9.57 Å². The highest BCUT2D eigenvalue weighted by molar-refractivity contribution is 5.98. The van der Waals surface area contributed by atoms with Gasteiger partial charge in [0.1, 0.15) is 12.4 Å². The molecule has 1 N–H and O–H groups in total.